The summed E-state index contributed by atoms with van der Waals surface area (Å²) in [4.78, 5) is 7.94. The van der Waals surface area contributed by atoms with Gasteiger partial charge in [0.05, 0.1) is 39.0 Å². The number of aromatic nitrogens is 2. The molecule has 0 bridgehead atoms. The zero-order valence-corrected chi connectivity index (χ0v) is 10.7. The van der Waals surface area contributed by atoms with Gasteiger partial charge >= 0.3 is 7.69 Å². The maximum Gasteiger partial charge on any atom is 0.576 e. The van der Waals surface area contributed by atoms with Crippen molar-refractivity contribution in [3.8, 4) is 23.0 Å². The first-order valence-corrected chi connectivity index (χ1v) is 5.55. The van der Waals surface area contributed by atoms with Gasteiger partial charge in [-0.05, 0) is 0 Å². The largest absolute Gasteiger partial charge is 0.576 e. The van der Waals surface area contributed by atoms with Crippen LogP contribution in [0.3, 0.4) is 0 Å². The normalized spacial score (nSPS) is 9.58. The average molecular weight is 260 g/mol. The Hall–Kier alpha value is -2.44. The SMILES string of the molecule is COc1cncc(OBOc2cncc(OC)c2)c1. The molecule has 2 aromatic heterocycles. The molecule has 0 fully saturated rings. The van der Waals surface area contributed by atoms with E-state index in [1.54, 1.807) is 51.1 Å². The second-order valence-corrected chi connectivity index (χ2v) is 3.53. The summed E-state index contributed by atoms with van der Waals surface area (Å²) in [6.45, 7) is 0. The van der Waals surface area contributed by atoms with Gasteiger partial charge in [0.1, 0.15) is 23.0 Å². The van der Waals surface area contributed by atoms with Crippen molar-refractivity contribution in [2.24, 2.45) is 0 Å². The van der Waals surface area contributed by atoms with Crippen LogP contribution in [0.15, 0.2) is 36.9 Å². The first-order chi connectivity index (χ1) is 9.31. The lowest BCUT2D eigenvalue weighted by molar-refractivity contribution is 0.403. The molecular weight excluding hydrogens is 247 g/mol. The zero-order chi connectivity index (χ0) is 13.5. The van der Waals surface area contributed by atoms with E-state index in [1.807, 2.05) is 0 Å². The average Bonchev–Trinajstić information content (AvgIpc) is 2.48. The molecule has 0 atom stereocenters. The minimum atomic E-state index is 0.0453. The minimum absolute atomic E-state index is 0.0453. The Morgan fingerprint density at radius 2 is 1.16 bits per heavy atom. The predicted molar refractivity (Wildman–Crippen MR) is 70.0 cm³/mol. The van der Waals surface area contributed by atoms with Crippen LogP contribution in [0.1, 0.15) is 0 Å². The van der Waals surface area contributed by atoms with E-state index in [2.05, 4.69) is 9.97 Å². The predicted octanol–water partition coefficient (Wildman–Crippen LogP) is 1.22. The summed E-state index contributed by atoms with van der Waals surface area (Å²) in [5.41, 5.74) is 0. The van der Waals surface area contributed by atoms with Gasteiger partial charge in [-0.15, -0.1) is 0 Å². The van der Waals surface area contributed by atoms with Gasteiger partial charge in [0.15, 0.2) is 0 Å². The van der Waals surface area contributed by atoms with Crippen molar-refractivity contribution in [2.75, 3.05) is 14.2 Å². The van der Waals surface area contributed by atoms with Crippen LogP contribution in [0.5, 0.6) is 23.0 Å². The molecule has 19 heavy (non-hydrogen) atoms. The fourth-order valence-corrected chi connectivity index (χ4v) is 1.34. The highest BCUT2D eigenvalue weighted by Gasteiger charge is 2.03. The number of methoxy groups -OCH3 is 2. The molecule has 2 aromatic rings. The van der Waals surface area contributed by atoms with Gasteiger partial charge in [0.2, 0.25) is 0 Å². The Labute approximate surface area is 111 Å². The van der Waals surface area contributed by atoms with Gasteiger partial charge in [0, 0.05) is 12.1 Å². The summed E-state index contributed by atoms with van der Waals surface area (Å²) in [6.07, 6.45) is 6.35. The van der Waals surface area contributed by atoms with E-state index in [1.165, 1.54) is 0 Å². The van der Waals surface area contributed by atoms with Crippen LogP contribution in [0.2, 0.25) is 0 Å². The monoisotopic (exact) mass is 260 g/mol. The first kappa shape index (κ1) is 13.0. The third kappa shape index (κ3) is 3.77. The molecular formula is C12H13BN2O4. The van der Waals surface area contributed by atoms with Gasteiger partial charge in [0.25, 0.3) is 0 Å². The van der Waals surface area contributed by atoms with Crippen LogP contribution in [0, 0.1) is 0 Å². The minimum Gasteiger partial charge on any atom is -0.527 e. The van der Waals surface area contributed by atoms with E-state index in [0.717, 1.165) is 0 Å². The summed E-state index contributed by atoms with van der Waals surface area (Å²) in [5, 5.41) is 0. The third-order valence-corrected chi connectivity index (χ3v) is 2.30. The zero-order valence-electron chi connectivity index (χ0n) is 10.7. The molecule has 0 aliphatic heterocycles. The van der Waals surface area contributed by atoms with Crippen LogP contribution < -0.4 is 18.8 Å². The van der Waals surface area contributed by atoms with E-state index in [-0.39, 0.29) is 7.69 Å². The molecule has 0 saturated carbocycles. The molecule has 0 amide bonds. The lowest BCUT2D eigenvalue weighted by atomic mass is 10.3. The van der Waals surface area contributed by atoms with Crippen molar-refractivity contribution in [3.63, 3.8) is 0 Å². The second-order valence-electron chi connectivity index (χ2n) is 3.53. The summed E-state index contributed by atoms with van der Waals surface area (Å²) in [7, 11) is 3.18. The van der Waals surface area contributed by atoms with Crippen LogP contribution in [-0.2, 0) is 0 Å². The molecule has 0 saturated heterocycles. The first-order valence-electron chi connectivity index (χ1n) is 5.55. The van der Waals surface area contributed by atoms with E-state index >= 15 is 0 Å². The highest BCUT2D eigenvalue weighted by molar-refractivity contribution is 6.20. The molecule has 2 rings (SSSR count). The second kappa shape index (κ2) is 6.48. The highest BCUT2D eigenvalue weighted by atomic mass is 16.6. The number of pyridine rings is 2. The summed E-state index contributed by atoms with van der Waals surface area (Å²) in [6, 6.07) is 3.44. The quantitative estimate of drug-likeness (QED) is 0.727. The molecule has 0 aliphatic rings. The Kier molecular flexibility index (Phi) is 4.44. The summed E-state index contributed by atoms with van der Waals surface area (Å²) in [5.74, 6) is 2.38. The van der Waals surface area contributed by atoms with Gasteiger partial charge < -0.3 is 18.8 Å². The van der Waals surface area contributed by atoms with Crippen molar-refractivity contribution < 1.29 is 18.8 Å². The summed E-state index contributed by atoms with van der Waals surface area (Å²) >= 11 is 0. The Bertz CT molecular complexity index is 491. The maximum absolute atomic E-state index is 5.39. The van der Waals surface area contributed by atoms with Crippen molar-refractivity contribution in [1.29, 1.82) is 0 Å². The fourth-order valence-electron chi connectivity index (χ4n) is 1.34. The molecule has 0 aliphatic carbocycles. The molecule has 0 aromatic carbocycles. The molecule has 0 N–H and O–H groups in total. The van der Waals surface area contributed by atoms with E-state index in [9.17, 15) is 0 Å². The van der Waals surface area contributed by atoms with Crippen molar-refractivity contribution in [2.45, 2.75) is 0 Å². The van der Waals surface area contributed by atoms with Crippen LogP contribution in [0.4, 0.5) is 0 Å². The van der Waals surface area contributed by atoms with Gasteiger partial charge in [-0.1, -0.05) is 0 Å². The van der Waals surface area contributed by atoms with Gasteiger partial charge in [-0.2, -0.15) is 0 Å². The molecule has 2 heterocycles. The fraction of sp³-hybridized carbons (Fsp3) is 0.167. The molecule has 6 nitrogen and oxygen atoms in total. The Morgan fingerprint density at radius 1 is 0.737 bits per heavy atom. The molecule has 0 radical (unpaired) electrons. The molecule has 0 unspecified atom stereocenters. The highest BCUT2D eigenvalue weighted by Crippen LogP contribution is 2.18. The van der Waals surface area contributed by atoms with Gasteiger partial charge in [-0.25, -0.2) is 0 Å². The van der Waals surface area contributed by atoms with Crippen LogP contribution in [0.25, 0.3) is 0 Å². The number of hydrogen-bond donors (Lipinski definition) is 0. The van der Waals surface area contributed by atoms with E-state index < -0.39 is 0 Å². The summed E-state index contributed by atoms with van der Waals surface area (Å²) < 4.78 is 20.9. The van der Waals surface area contributed by atoms with E-state index in [0.29, 0.717) is 23.0 Å². The number of ether oxygens (including phenoxy) is 2. The van der Waals surface area contributed by atoms with Crippen molar-refractivity contribution in [1.82, 2.24) is 9.97 Å². The smallest absolute Gasteiger partial charge is 0.527 e. The van der Waals surface area contributed by atoms with E-state index in [4.69, 9.17) is 18.8 Å². The van der Waals surface area contributed by atoms with Crippen LogP contribution in [-0.4, -0.2) is 31.9 Å². The lowest BCUT2D eigenvalue weighted by Gasteiger charge is -2.08. The molecule has 7 heteroatoms. The third-order valence-electron chi connectivity index (χ3n) is 2.30. The number of nitrogens with zero attached hydrogens (tertiary/aromatic N) is 2. The lowest BCUT2D eigenvalue weighted by Crippen LogP contribution is -2.11. The molecule has 0 spiro atoms. The standard InChI is InChI=1S/C12H13BN2O4/c1-16-9-3-11(7-14-5-9)18-13-19-12-4-10(17-2)6-15-8-12/h3-8,13H,1-2H3. The number of rotatable bonds is 6. The topological polar surface area (TPSA) is 62.7 Å². The number of hydrogen-bond acceptors (Lipinski definition) is 6. The Morgan fingerprint density at radius 3 is 1.58 bits per heavy atom. The van der Waals surface area contributed by atoms with Crippen molar-refractivity contribution >= 4 is 7.69 Å². The maximum atomic E-state index is 5.39. The van der Waals surface area contributed by atoms with Gasteiger partial charge in [-0.3, -0.25) is 9.97 Å². The molecule has 98 valence electrons. The van der Waals surface area contributed by atoms with Crippen molar-refractivity contribution in [3.05, 3.63) is 36.9 Å². The Balaban J connectivity index is 1.88. The van der Waals surface area contributed by atoms with Crippen LogP contribution >= 0.6 is 0 Å².